The van der Waals surface area contributed by atoms with E-state index in [9.17, 15) is 9.59 Å². The van der Waals surface area contributed by atoms with Crippen LogP contribution in [0.5, 0.6) is 0 Å². The van der Waals surface area contributed by atoms with Crippen molar-refractivity contribution in [2.75, 3.05) is 13.2 Å². The Hall–Kier alpha value is -0.480. The summed E-state index contributed by atoms with van der Waals surface area (Å²) in [5.41, 5.74) is 0. The van der Waals surface area contributed by atoms with E-state index in [1.807, 2.05) is 6.92 Å². The van der Waals surface area contributed by atoms with Crippen LogP contribution in [0, 0.1) is 0 Å². The van der Waals surface area contributed by atoms with Gasteiger partial charge in [0.05, 0.1) is 19.4 Å². The van der Waals surface area contributed by atoms with Crippen LogP contribution in [0.4, 0.5) is 0 Å². The van der Waals surface area contributed by atoms with Gasteiger partial charge in [0, 0.05) is 0 Å². The van der Waals surface area contributed by atoms with Crippen molar-refractivity contribution in [3.63, 3.8) is 0 Å². The molecule has 0 saturated heterocycles. The topological polar surface area (TPSA) is 52.6 Å². The second kappa shape index (κ2) is 9.73. The molecule has 0 amide bonds. The third-order valence-corrected chi connectivity index (χ3v) is 1.92. The number of ether oxygens (including phenoxy) is 2. The lowest BCUT2D eigenvalue weighted by Gasteiger charge is -2.05. The van der Waals surface area contributed by atoms with Crippen LogP contribution in [0.2, 0.25) is 0 Å². The lowest BCUT2D eigenvalue weighted by atomic mass is 10.3. The molecule has 4 nitrogen and oxygen atoms in total. The molecule has 6 heteroatoms. The summed E-state index contributed by atoms with van der Waals surface area (Å²) < 4.78 is 9.53. The maximum absolute atomic E-state index is 11.1. The summed E-state index contributed by atoms with van der Waals surface area (Å²) in [5.74, 6) is -0.891. The summed E-state index contributed by atoms with van der Waals surface area (Å²) in [5, 5.41) is 0. The van der Waals surface area contributed by atoms with Gasteiger partial charge in [0.1, 0.15) is 11.4 Å². The van der Waals surface area contributed by atoms with Crippen LogP contribution in [-0.2, 0) is 19.1 Å². The summed E-state index contributed by atoms with van der Waals surface area (Å²) in [6.45, 7) is 2.34. The van der Waals surface area contributed by atoms with Gasteiger partial charge in [-0.3, -0.25) is 9.59 Å². The van der Waals surface area contributed by atoms with Gasteiger partial charge in [0.15, 0.2) is 0 Å². The normalized spacial score (nSPS) is 10.2. The van der Waals surface area contributed by atoms with E-state index in [0.29, 0.717) is 6.61 Å². The number of carbonyl (C=O) groups excluding carboxylic acids is 2. The Balaban J connectivity index is 3.47. The summed E-state index contributed by atoms with van der Waals surface area (Å²) in [7, 11) is 0. The summed E-state index contributed by atoms with van der Waals surface area (Å²) in [6.07, 6.45) is 1.81. The van der Waals surface area contributed by atoms with E-state index < -0.39 is 16.8 Å². The van der Waals surface area contributed by atoms with E-state index >= 15 is 0 Å². The lowest BCUT2D eigenvalue weighted by Crippen LogP contribution is -2.13. The fourth-order valence-corrected chi connectivity index (χ4v) is 0.961. The highest BCUT2D eigenvalue weighted by atomic mass is 35.5. The van der Waals surface area contributed by atoms with Crippen molar-refractivity contribution in [1.82, 2.24) is 0 Å². The molecule has 0 rings (SSSR count). The molecule has 0 aromatic heterocycles. The molecule has 0 fully saturated rings. The predicted molar refractivity (Wildman–Crippen MR) is 61.6 cm³/mol. The molecule has 0 saturated carbocycles. The molecular formula is C10H16Cl2O4. The molecule has 0 atom stereocenters. The van der Waals surface area contributed by atoms with Crippen molar-refractivity contribution >= 4 is 35.1 Å². The molecule has 0 aromatic rings. The van der Waals surface area contributed by atoms with E-state index in [2.05, 4.69) is 4.74 Å². The Labute approximate surface area is 105 Å². The number of hydrogen-bond donors (Lipinski definition) is 0. The van der Waals surface area contributed by atoms with Gasteiger partial charge in [-0.2, -0.15) is 0 Å². The van der Waals surface area contributed by atoms with Crippen LogP contribution in [-0.4, -0.2) is 30.0 Å². The van der Waals surface area contributed by atoms with Gasteiger partial charge in [-0.05, 0) is 6.42 Å². The molecule has 0 heterocycles. The lowest BCUT2D eigenvalue weighted by molar-refractivity contribution is -0.150. The Morgan fingerprint density at radius 2 is 1.69 bits per heavy atom. The molecule has 0 aliphatic heterocycles. The maximum atomic E-state index is 11.1. The minimum Gasteiger partial charge on any atom is -0.466 e. The highest BCUT2D eigenvalue weighted by molar-refractivity contribution is 6.44. The second-order valence-electron chi connectivity index (χ2n) is 3.15. The molecule has 94 valence electrons. The third kappa shape index (κ3) is 10.1. The molecule has 0 aliphatic rings. The van der Waals surface area contributed by atoms with E-state index in [1.165, 1.54) is 0 Å². The van der Waals surface area contributed by atoms with Crippen LogP contribution in [0.1, 0.15) is 32.6 Å². The maximum Gasteiger partial charge on any atom is 0.306 e. The quantitative estimate of drug-likeness (QED) is 0.386. The smallest absolute Gasteiger partial charge is 0.306 e. The molecule has 0 spiro atoms. The number of halogens is 2. The average molecular weight is 271 g/mol. The van der Waals surface area contributed by atoms with Crippen molar-refractivity contribution < 1.29 is 19.1 Å². The zero-order valence-electron chi connectivity index (χ0n) is 9.21. The van der Waals surface area contributed by atoms with Crippen LogP contribution < -0.4 is 0 Å². The van der Waals surface area contributed by atoms with E-state index in [-0.39, 0.29) is 19.4 Å². The highest BCUT2D eigenvalue weighted by Gasteiger charge is 2.10. The zero-order valence-corrected chi connectivity index (χ0v) is 10.7. The summed E-state index contributed by atoms with van der Waals surface area (Å²) in [4.78, 5) is 21.4. The van der Waals surface area contributed by atoms with Crippen molar-refractivity contribution in [3.05, 3.63) is 0 Å². The molecule has 0 bridgehead atoms. The van der Waals surface area contributed by atoms with Crippen LogP contribution in [0.15, 0.2) is 0 Å². The standard InChI is InChI=1S/C10H16Cl2O4/c1-2-3-6-15-9(13)4-5-10(14)16-7-8(11)12/h8H,2-7H2,1H3. The number of rotatable bonds is 8. The van der Waals surface area contributed by atoms with Gasteiger partial charge < -0.3 is 9.47 Å². The van der Waals surface area contributed by atoms with Gasteiger partial charge >= 0.3 is 11.9 Å². The first-order chi connectivity index (χ1) is 7.56. The number of unbranched alkanes of at least 4 members (excludes halogenated alkanes) is 1. The molecule has 0 aliphatic carbocycles. The molecule has 0 aromatic carbocycles. The second-order valence-corrected chi connectivity index (χ2v) is 4.43. The minimum atomic E-state index is -0.736. The molecule has 0 unspecified atom stereocenters. The zero-order chi connectivity index (χ0) is 12.4. The van der Waals surface area contributed by atoms with Gasteiger partial charge in [-0.25, -0.2) is 0 Å². The monoisotopic (exact) mass is 270 g/mol. The average Bonchev–Trinajstić information content (AvgIpc) is 2.24. The molecular weight excluding hydrogens is 255 g/mol. The van der Waals surface area contributed by atoms with Crippen LogP contribution in [0.25, 0.3) is 0 Å². The molecule has 0 radical (unpaired) electrons. The number of hydrogen-bond acceptors (Lipinski definition) is 4. The highest BCUT2D eigenvalue weighted by Crippen LogP contribution is 2.03. The van der Waals surface area contributed by atoms with Gasteiger partial charge in [-0.1, -0.05) is 13.3 Å². The van der Waals surface area contributed by atoms with E-state index in [0.717, 1.165) is 12.8 Å². The first kappa shape index (κ1) is 15.5. The van der Waals surface area contributed by atoms with E-state index in [4.69, 9.17) is 27.9 Å². The Bertz CT molecular complexity index is 219. The predicted octanol–water partition coefficient (Wildman–Crippen LogP) is 2.46. The van der Waals surface area contributed by atoms with Crippen molar-refractivity contribution in [2.45, 2.75) is 37.4 Å². The molecule has 16 heavy (non-hydrogen) atoms. The summed E-state index contributed by atoms with van der Waals surface area (Å²) >= 11 is 10.7. The largest absolute Gasteiger partial charge is 0.466 e. The van der Waals surface area contributed by atoms with Crippen LogP contribution in [0.3, 0.4) is 0 Å². The first-order valence-electron chi connectivity index (χ1n) is 5.15. The summed E-state index contributed by atoms with van der Waals surface area (Å²) in [6, 6.07) is 0. The Kier molecular flexibility index (Phi) is 9.43. The fraction of sp³-hybridized carbons (Fsp3) is 0.800. The number of alkyl halides is 2. The molecule has 0 N–H and O–H groups in total. The Morgan fingerprint density at radius 3 is 2.19 bits per heavy atom. The van der Waals surface area contributed by atoms with Crippen molar-refractivity contribution in [3.8, 4) is 0 Å². The third-order valence-electron chi connectivity index (χ3n) is 1.66. The van der Waals surface area contributed by atoms with Gasteiger partial charge in [0.25, 0.3) is 0 Å². The van der Waals surface area contributed by atoms with Gasteiger partial charge in [0.2, 0.25) is 0 Å². The van der Waals surface area contributed by atoms with Crippen molar-refractivity contribution in [2.24, 2.45) is 0 Å². The van der Waals surface area contributed by atoms with E-state index in [1.54, 1.807) is 0 Å². The van der Waals surface area contributed by atoms with Crippen LogP contribution >= 0.6 is 23.2 Å². The SMILES string of the molecule is CCCCOC(=O)CCC(=O)OCC(Cl)Cl. The number of carbonyl (C=O) groups is 2. The fourth-order valence-electron chi connectivity index (χ4n) is 0.835. The van der Waals surface area contributed by atoms with Gasteiger partial charge in [-0.15, -0.1) is 23.2 Å². The number of esters is 2. The first-order valence-corrected chi connectivity index (χ1v) is 6.03. The Morgan fingerprint density at radius 1 is 1.12 bits per heavy atom. The minimum absolute atomic E-state index is 0.00848. The van der Waals surface area contributed by atoms with Crippen molar-refractivity contribution in [1.29, 1.82) is 0 Å².